The summed E-state index contributed by atoms with van der Waals surface area (Å²) < 4.78 is 5.73. The third kappa shape index (κ3) is 5.07. The smallest absolute Gasteiger partial charge is 0.168 e. The average Bonchev–Trinajstić information content (AvgIpc) is 2.28. The number of hydrogen-bond donors (Lipinski definition) is 1. The first-order valence-corrected chi connectivity index (χ1v) is 6.51. The molecule has 96 valence electrons. The van der Waals surface area contributed by atoms with Gasteiger partial charge in [0.1, 0.15) is 0 Å². The molecule has 0 aliphatic rings. The van der Waals surface area contributed by atoms with Crippen molar-refractivity contribution >= 4 is 5.82 Å². The van der Waals surface area contributed by atoms with Crippen LogP contribution in [0.1, 0.15) is 47.0 Å². The van der Waals surface area contributed by atoms with E-state index in [9.17, 15) is 0 Å². The lowest BCUT2D eigenvalue weighted by atomic mass is 10.1. The van der Waals surface area contributed by atoms with Crippen molar-refractivity contribution in [3.8, 4) is 5.75 Å². The molecule has 3 heteroatoms. The van der Waals surface area contributed by atoms with Crippen molar-refractivity contribution in [1.29, 1.82) is 0 Å². The van der Waals surface area contributed by atoms with E-state index in [4.69, 9.17) is 4.74 Å². The summed E-state index contributed by atoms with van der Waals surface area (Å²) >= 11 is 0. The normalized spacial score (nSPS) is 12.5. The second-order valence-corrected chi connectivity index (χ2v) is 4.70. The Morgan fingerprint density at radius 3 is 2.76 bits per heavy atom. The Morgan fingerprint density at radius 1 is 1.35 bits per heavy atom. The Kier molecular flexibility index (Phi) is 5.81. The van der Waals surface area contributed by atoms with Gasteiger partial charge in [-0.2, -0.15) is 0 Å². The summed E-state index contributed by atoms with van der Waals surface area (Å²) in [6.45, 7) is 8.44. The van der Waals surface area contributed by atoms with Gasteiger partial charge in [-0.15, -0.1) is 0 Å². The summed E-state index contributed by atoms with van der Waals surface area (Å²) in [5.41, 5.74) is 0. The lowest BCUT2D eigenvalue weighted by Crippen LogP contribution is -2.17. The van der Waals surface area contributed by atoms with Crippen LogP contribution in [-0.4, -0.2) is 17.1 Å². The molecule has 0 spiro atoms. The first kappa shape index (κ1) is 13.8. The number of rotatable bonds is 7. The highest BCUT2D eigenvalue weighted by molar-refractivity contribution is 5.50. The molecule has 0 bridgehead atoms. The number of nitrogens with one attached hydrogen (secondary N) is 1. The van der Waals surface area contributed by atoms with Gasteiger partial charge in [0, 0.05) is 12.2 Å². The molecule has 0 fully saturated rings. The molecule has 0 radical (unpaired) electrons. The first-order chi connectivity index (χ1) is 8.13. The zero-order chi connectivity index (χ0) is 12.7. The van der Waals surface area contributed by atoms with E-state index in [0.29, 0.717) is 6.04 Å². The SMILES string of the molecule is CCCCC(C)Nc1ncccc1OC(C)C. The van der Waals surface area contributed by atoms with Crippen LogP contribution in [0, 0.1) is 0 Å². The number of aromatic nitrogens is 1. The number of pyridine rings is 1. The molecular weight excluding hydrogens is 212 g/mol. The lowest BCUT2D eigenvalue weighted by Gasteiger charge is -2.18. The second-order valence-electron chi connectivity index (χ2n) is 4.70. The number of unbranched alkanes of at least 4 members (excludes halogenated alkanes) is 1. The van der Waals surface area contributed by atoms with Crippen LogP contribution in [-0.2, 0) is 0 Å². The van der Waals surface area contributed by atoms with Gasteiger partial charge < -0.3 is 10.1 Å². The van der Waals surface area contributed by atoms with Crippen molar-refractivity contribution in [3.05, 3.63) is 18.3 Å². The van der Waals surface area contributed by atoms with Gasteiger partial charge in [-0.05, 0) is 39.3 Å². The standard InChI is InChI=1S/C14H24N2O/c1-5-6-8-12(4)16-14-13(17-11(2)3)9-7-10-15-14/h7,9-12H,5-6,8H2,1-4H3,(H,15,16). The van der Waals surface area contributed by atoms with E-state index in [1.807, 2.05) is 26.0 Å². The highest BCUT2D eigenvalue weighted by Crippen LogP contribution is 2.23. The summed E-state index contributed by atoms with van der Waals surface area (Å²) in [7, 11) is 0. The van der Waals surface area contributed by atoms with Crippen molar-refractivity contribution < 1.29 is 4.74 Å². The number of anilines is 1. The fraction of sp³-hybridized carbons (Fsp3) is 0.643. The third-order valence-corrected chi connectivity index (χ3v) is 2.51. The van der Waals surface area contributed by atoms with Crippen molar-refractivity contribution in [1.82, 2.24) is 4.98 Å². The van der Waals surface area contributed by atoms with Crippen molar-refractivity contribution in [3.63, 3.8) is 0 Å². The topological polar surface area (TPSA) is 34.2 Å². The van der Waals surface area contributed by atoms with Crippen molar-refractivity contribution in [2.45, 2.75) is 59.1 Å². The molecule has 0 amide bonds. The quantitative estimate of drug-likeness (QED) is 0.780. The van der Waals surface area contributed by atoms with Gasteiger partial charge in [-0.3, -0.25) is 0 Å². The molecule has 3 nitrogen and oxygen atoms in total. The fourth-order valence-electron chi connectivity index (χ4n) is 1.66. The van der Waals surface area contributed by atoms with Crippen LogP contribution in [0.25, 0.3) is 0 Å². The van der Waals surface area contributed by atoms with E-state index >= 15 is 0 Å². The molecule has 1 unspecified atom stereocenters. The maximum atomic E-state index is 5.73. The van der Waals surface area contributed by atoms with Gasteiger partial charge in [0.05, 0.1) is 6.10 Å². The van der Waals surface area contributed by atoms with Gasteiger partial charge in [-0.1, -0.05) is 19.8 Å². The van der Waals surface area contributed by atoms with Crippen LogP contribution in [0.3, 0.4) is 0 Å². The van der Waals surface area contributed by atoms with E-state index < -0.39 is 0 Å². The molecule has 1 atom stereocenters. The number of ether oxygens (including phenoxy) is 1. The van der Waals surface area contributed by atoms with E-state index in [1.54, 1.807) is 6.20 Å². The first-order valence-electron chi connectivity index (χ1n) is 6.51. The molecule has 1 aromatic rings. The fourth-order valence-corrected chi connectivity index (χ4v) is 1.66. The van der Waals surface area contributed by atoms with E-state index in [-0.39, 0.29) is 6.10 Å². The summed E-state index contributed by atoms with van der Waals surface area (Å²) in [5.74, 6) is 1.69. The van der Waals surface area contributed by atoms with Gasteiger partial charge >= 0.3 is 0 Å². The Morgan fingerprint density at radius 2 is 2.12 bits per heavy atom. The van der Waals surface area contributed by atoms with E-state index in [2.05, 4.69) is 24.1 Å². The summed E-state index contributed by atoms with van der Waals surface area (Å²) in [6, 6.07) is 4.29. The average molecular weight is 236 g/mol. The summed E-state index contributed by atoms with van der Waals surface area (Å²) in [4.78, 5) is 4.34. The highest BCUT2D eigenvalue weighted by atomic mass is 16.5. The van der Waals surface area contributed by atoms with Crippen LogP contribution in [0.2, 0.25) is 0 Å². The van der Waals surface area contributed by atoms with Crippen LogP contribution in [0.15, 0.2) is 18.3 Å². The zero-order valence-corrected chi connectivity index (χ0v) is 11.4. The Labute approximate surface area is 105 Å². The minimum atomic E-state index is 0.172. The van der Waals surface area contributed by atoms with Crippen LogP contribution >= 0.6 is 0 Å². The lowest BCUT2D eigenvalue weighted by molar-refractivity contribution is 0.242. The highest BCUT2D eigenvalue weighted by Gasteiger charge is 2.09. The van der Waals surface area contributed by atoms with Gasteiger partial charge in [-0.25, -0.2) is 4.98 Å². The zero-order valence-electron chi connectivity index (χ0n) is 11.4. The molecule has 0 aromatic carbocycles. The predicted molar refractivity (Wildman–Crippen MR) is 72.6 cm³/mol. The largest absolute Gasteiger partial charge is 0.487 e. The molecule has 0 saturated heterocycles. The molecule has 1 N–H and O–H groups in total. The molecular formula is C14H24N2O. The molecule has 0 aliphatic carbocycles. The maximum Gasteiger partial charge on any atom is 0.168 e. The maximum absolute atomic E-state index is 5.73. The van der Waals surface area contributed by atoms with Gasteiger partial charge in [0.25, 0.3) is 0 Å². The Balaban J connectivity index is 2.62. The molecule has 1 aromatic heterocycles. The molecule has 0 aliphatic heterocycles. The van der Waals surface area contributed by atoms with Crippen molar-refractivity contribution in [2.75, 3.05) is 5.32 Å². The summed E-state index contributed by atoms with van der Waals surface area (Å²) in [5, 5.41) is 3.41. The van der Waals surface area contributed by atoms with E-state index in [1.165, 1.54) is 12.8 Å². The molecule has 0 saturated carbocycles. The second kappa shape index (κ2) is 7.15. The number of nitrogens with zero attached hydrogens (tertiary/aromatic N) is 1. The molecule has 1 heterocycles. The predicted octanol–water partition coefficient (Wildman–Crippen LogP) is 3.86. The van der Waals surface area contributed by atoms with Gasteiger partial charge in [0.15, 0.2) is 11.6 Å². The van der Waals surface area contributed by atoms with Crippen LogP contribution in [0.4, 0.5) is 5.82 Å². The Bertz CT molecular complexity index is 326. The Hall–Kier alpha value is -1.25. The van der Waals surface area contributed by atoms with Crippen LogP contribution < -0.4 is 10.1 Å². The minimum absolute atomic E-state index is 0.172. The molecule has 17 heavy (non-hydrogen) atoms. The summed E-state index contributed by atoms with van der Waals surface area (Å²) in [6.07, 6.45) is 5.59. The molecule has 1 rings (SSSR count). The van der Waals surface area contributed by atoms with Crippen molar-refractivity contribution in [2.24, 2.45) is 0 Å². The minimum Gasteiger partial charge on any atom is -0.487 e. The third-order valence-electron chi connectivity index (χ3n) is 2.51. The number of hydrogen-bond acceptors (Lipinski definition) is 3. The van der Waals surface area contributed by atoms with E-state index in [0.717, 1.165) is 18.0 Å². The van der Waals surface area contributed by atoms with Crippen LogP contribution in [0.5, 0.6) is 5.75 Å². The monoisotopic (exact) mass is 236 g/mol. The van der Waals surface area contributed by atoms with Gasteiger partial charge in [0.2, 0.25) is 0 Å².